The Hall–Kier alpha value is -2.28. The second-order valence-electron chi connectivity index (χ2n) is 3.76. The fourth-order valence-corrected chi connectivity index (χ4v) is 1.47. The average molecular weight is 285 g/mol. The van der Waals surface area contributed by atoms with Gasteiger partial charge >= 0.3 is 6.36 Å². The summed E-state index contributed by atoms with van der Waals surface area (Å²) in [5.74, 6) is 0.370. The first-order chi connectivity index (χ1) is 9.48. The summed E-state index contributed by atoms with van der Waals surface area (Å²) in [6.07, 6.45) is -1.80. The maximum Gasteiger partial charge on any atom is 0.573 e. The van der Waals surface area contributed by atoms with Crippen LogP contribution in [-0.4, -0.2) is 16.5 Å². The highest BCUT2D eigenvalue weighted by molar-refractivity contribution is 5.37. The van der Waals surface area contributed by atoms with Crippen molar-refractivity contribution < 1.29 is 27.8 Å². The topological polar surface area (TPSA) is 51.6 Å². The minimum absolute atomic E-state index is 0.252. The number of hydrogen-bond acceptors (Lipinski definition) is 4. The van der Waals surface area contributed by atoms with Gasteiger partial charge in [-0.25, -0.2) is 0 Å². The fourth-order valence-electron chi connectivity index (χ4n) is 1.47. The van der Waals surface area contributed by atoms with E-state index in [2.05, 4.69) is 9.72 Å². The first-order valence-corrected chi connectivity index (χ1v) is 5.55. The maximum absolute atomic E-state index is 12.0. The molecular weight excluding hydrogens is 275 g/mol. The quantitative estimate of drug-likeness (QED) is 0.936. The van der Waals surface area contributed by atoms with Gasteiger partial charge in [0, 0.05) is 18.0 Å². The van der Waals surface area contributed by atoms with Crippen LogP contribution < -0.4 is 9.47 Å². The molecule has 20 heavy (non-hydrogen) atoms. The molecule has 4 nitrogen and oxygen atoms in total. The molecule has 0 unspecified atom stereocenters. The second kappa shape index (κ2) is 5.79. The molecule has 0 bridgehead atoms. The Morgan fingerprint density at radius 3 is 2.30 bits per heavy atom. The van der Waals surface area contributed by atoms with Crippen LogP contribution in [0, 0.1) is 0 Å². The SMILES string of the molecule is OCc1cnccc1Oc1ccc(OC(F)(F)F)cc1. The summed E-state index contributed by atoms with van der Waals surface area (Å²) in [5, 5.41) is 9.10. The zero-order valence-electron chi connectivity index (χ0n) is 10.1. The number of hydrogen-bond donors (Lipinski definition) is 1. The van der Waals surface area contributed by atoms with E-state index in [-0.39, 0.29) is 12.4 Å². The van der Waals surface area contributed by atoms with Crippen LogP contribution in [0.25, 0.3) is 0 Å². The molecule has 1 aromatic heterocycles. The molecule has 0 aliphatic heterocycles. The molecular formula is C13H10F3NO3. The normalized spacial score (nSPS) is 11.2. The predicted octanol–water partition coefficient (Wildman–Crippen LogP) is 3.26. The van der Waals surface area contributed by atoms with Gasteiger partial charge in [0.2, 0.25) is 0 Å². The molecule has 0 amide bonds. The maximum atomic E-state index is 12.0. The first kappa shape index (κ1) is 14.1. The van der Waals surface area contributed by atoms with E-state index in [4.69, 9.17) is 9.84 Å². The number of pyridine rings is 1. The zero-order valence-corrected chi connectivity index (χ0v) is 10.1. The number of rotatable bonds is 4. The molecule has 0 fully saturated rings. The molecule has 0 spiro atoms. The van der Waals surface area contributed by atoms with E-state index in [1.807, 2.05) is 0 Å². The fraction of sp³-hybridized carbons (Fsp3) is 0.154. The first-order valence-electron chi connectivity index (χ1n) is 5.55. The smallest absolute Gasteiger partial charge is 0.457 e. The summed E-state index contributed by atoms with van der Waals surface area (Å²) in [6, 6.07) is 6.50. The lowest BCUT2D eigenvalue weighted by Crippen LogP contribution is -2.16. The summed E-state index contributed by atoms with van der Waals surface area (Å²) < 4.78 is 45.2. The van der Waals surface area contributed by atoms with Crippen LogP contribution in [-0.2, 0) is 6.61 Å². The molecule has 1 N–H and O–H groups in total. The predicted molar refractivity (Wildman–Crippen MR) is 63.4 cm³/mol. The van der Waals surface area contributed by atoms with Gasteiger partial charge in [0.15, 0.2) is 0 Å². The Morgan fingerprint density at radius 1 is 1.05 bits per heavy atom. The highest BCUT2D eigenvalue weighted by Gasteiger charge is 2.30. The number of ether oxygens (including phenoxy) is 2. The molecule has 0 aliphatic rings. The number of aromatic nitrogens is 1. The average Bonchev–Trinajstić information content (AvgIpc) is 2.40. The van der Waals surface area contributed by atoms with E-state index in [9.17, 15) is 13.2 Å². The van der Waals surface area contributed by atoms with Crippen molar-refractivity contribution >= 4 is 0 Å². The number of aliphatic hydroxyl groups is 1. The lowest BCUT2D eigenvalue weighted by Gasteiger charge is -2.11. The lowest BCUT2D eigenvalue weighted by molar-refractivity contribution is -0.274. The van der Waals surface area contributed by atoms with Crippen molar-refractivity contribution in [2.45, 2.75) is 13.0 Å². The van der Waals surface area contributed by atoms with Crippen LogP contribution in [0.2, 0.25) is 0 Å². The van der Waals surface area contributed by atoms with Crippen molar-refractivity contribution in [3.63, 3.8) is 0 Å². The van der Waals surface area contributed by atoms with Gasteiger partial charge in [0.1, 0.15) is 17.2 Å². The number of aliphatic hydroxyl groups excluding tert-OH is 1. The van der Waals surface area contributed by atoms with Crippen molar-refractivity contribution in [1.82, 2.24) is 4.98 Å². The van der Waals surface area contributed by atoms with Gasteiger partial charge in [-0.15, -0.1) is 13.2 Å². The van der Waals surface area contributed by atoms with Gasteiger partial charge in [0.25, 0.3) is 0 Å². The Labute approximate surface area is 112 Å². The molecule has 7 heteroatoms. The Kier molecular flexibility index (Phi) is 4.09. The summed E-state index contributed by atoms with van der Waals surface area (Å²) in [4.78, 5) is 3.83. The monoisotopic (exact) mass is 285 g/mol. The molecule has 0 saturated heterocycles. The molecule has 0 aliphatic carbocycles. The second-order valence-corrected chi connectivity index (χ2v) is 3.76. The van der Waals surface area contributed by atoms with Crippen LogP contribution in [0.5, 0.6) is 17.2 Å². The standard InChI is InChI=1S/C13H10F3NO3/c14-13(15,16)20-11-3-1-10(2-4-11)19-12-5-6-17-7-9(12)8-18/h1-7,18H,8H2. The van der Waals surface area contributed by atoms with Gasteiger partial charge in [-0.2, -0.15) is 0 Å². The minimum atomic E-state index is -4.72. The van der Waals surface area contributed by atoms with Gasteiger partial charge in [-0.3, -0.25) is 4.98 Å². The molecule has 0 radical (unpaired) electrons. The van der Waals surface area contributed by atoms with Crippen LogP contribution in [0.4, 0.5) is 13.2 Å². The van der Waals surface area contributed by atoms with Crippen LogP contribution in [0.3, 0.4) is 0 Å². The molecule has 2 rings (SSSR count). The van der Waals surface area contributed by atoms with Gasteiger partial charge in [-0.1, -0.05) is 0 Å². The molecule has 0 atom stereocenters. The summed E-state index contributed by atoms with van der Waals surface area (Å²) in [5.41, 5.74) is 0.475. The van der Waals surface area contributed by atoms with Crippen LogP contribution >= 0.6 is 0 Å². The number of benzene rings is 1. The third-order valence-electron chi connectivity index (χ3n) is 2.31. The summed E-state index contributed by atoms with van der Waals surface area (Å²) in [7, 11) is 0. The summed E-state index contributed by atoms with van der Waals surface area (Å²) in [6.45, 7) is -0.252. The Bertz CT molecular complexity index is 570. The van der Waals surface area contributed by atoms with E-state index in [0.717, 1.165) is 12.1 Å². The number of alkyl halides is 3. The van der Waals surface area contributed by atoms with E-state index < -0.39 is 6.36 Å². The van der Waals surface area contributed by atoms with E-state index in [1.165, 1.54) is 24.5 Å². The molecule has 106 valence electrons. The highest BCUT2D eigenvalue weighted by atomic mass is 19.4. The zero-order chi connectivity index (χ0) is 14.6. The highest BCUT2D eigenvalue weighted by Crippen LogP contribution is 2.28. The van der Waals surface area contributed by atoms with E-state index in [1.54, 1.807) is 6.07 Å². The molecule has 1 aromatic carbocycles. The van der Waals surface area contributed by atoms with Crippen LogP contribution in [0.1, 0.15) is 5.56 Å². The van der Waals surface area contributed by atoms with Crippen molar-refractivity contribution in [2.24, 2.45) is 0 Å². The largest absolute Gasteiger partial charge is 0.573 e. The molecule has 1 heterocycles. The number of halogens is 3. The van der Waals surface area contributed by atoms with Crippen molar-refractivity contribution in [2.75, 3.05) is 0 Å². The Balaban J connectivity index is 2.11. The molecule has 2 aromatic rings. The van der Waals surface area contributed by atoms with E-state index >= 15 is 0 Å². The van der Waals surface area contributed by atoms with E-state index in [0.29, 0.717) is 17.1 Å². The molecule has 0 saturated carbocycles. The third-order valence-corrected chi connectivity index (χ3v) is 2.31. The van der Waals surface area contributed by atoms with Crippen LogP contribution in [0.15, 0.2) is 42.7 Å². The summed E-state index contributed by atoms with van der Waals surface area (Å²) >= 11 is 0. The number of nitrogens with zero attached hydrogens (tertiary/aromatic N) is 1. The van der Waals surface area contributed by atoms with Gasteiger partial charge in [-0.05, 0) is 30.3 Å². The van der Waals surface area contributed by atoms with Gasteiger partial charge < -0.3 is 14.6 Å². The van der Waals surface area contributed by atoms with Crippen molar-refractivity contribution in [3.05, 3.63) is 48.3 Å². The van der Waals surface area contributed by atoms with Crippen molar-refractivity contribution in [1.29, 1.82) is 0 Å². The third kappa shape index (κ3) is 3.86. The minimum Gasteiger partial charge on any atom is -0.457 e. The lowest BCUT2D eigenvalue weighted by atomic mass is 10.2. The van der Waals surface area contributed by atoms with Crippen molar-refractivity contribution in [3.8, 4) is 17.2 Å². The Morgan fingerprint density at radius 2 is 1.70 bits per heavy atom. The van der Waals surface area contributed by atoms with Gasteiger partial charge in [0.05, 0.1) is 6.61 Å².